The summed E-state index contributed by atoms with van der Waals surface area (Å²) in [7, 11) is 0. The van der Waals surface area contributed by atoms with Crippen molar-refractivity contribution < 1.29 is 4.52 Å². The Bertz CT molecular complexity index is 1300. The maximum absolute atomic E-state index is 5.45. The minimum atomic E-state index is 0. The van der Waals surface area contributed by atoms with Crippen LogP contribution in [0.15, 0.2) is 47.1 Å². The van der Waals surface area contributed by atoms with Crippen LogP contribution in [0.25, 0.3) is 28.0 Å². The van der Waals surface area contributed by atoms with E-state index in [-0.39, 0.29) is 12.4 Å². The molecule has 0 unspecified atom stereocenters. The van der Waals surface area contributed by atoms with E-state index in [1.165, 1.54) is 37.8 Å². The number of nitrogens with zero attached hydrogens (tertiary/aromatic N) is 4. The second kappa shape index (κ2) is 10.5. The molecule has 1 aromatic carbocycles. The number of nitrogens with one attached hydrogen (secondary N) is 2. The average Bonchev–Trinajstić information content (AvgIpc) is 3.44. The zero-order chi connectivity index (χ0) is 23.8. The molecule has 1 aliphatic heterocycles. The van der Waals surface area contributed by atoms with Crippen molar-refractivity contribution in [2.45, 2.75) is 52.0 Å². The van der Waals surface area contributed by atoms with Crippen LogP contribution in [0.2, 0.25) is 0 Å². The molecule has 8 heteroatoms. The van der Waals surface area contributed by atoms with E-state index >= 15 is 0 Å². The first-order chi connectivity index (χ1) is 17.2. The van der Waals surface area contributed by atoms with Crippen molar-refractivity contribution in [2.24, 2.45) is 0 Å². The average molecular weight is 507 g/mol. The third kappa shape index (κ3) is 4.70. The number of aryl methyl sites for hydroxylation is 2. The lowest BCUT2D eigenvalue weighted by atomic mass is 9.95. The topological polar surface area (TPSA) is 70.6 Å². The molecular weight excluding hydrogens is 472 g/mol. The summed E-state index contributed by atoms with van der Waals surface area (Å²) in [6, 6.07) is 13.6. The fourth-order valence-corrected chi connectivity index (χ4v) is 5.62. The summed E-state index contributed by atoms with van der Waals surface area (Å²) in [6.07, 6.45) is 8.50. The molecule has 0 spiro atoms. The fraction of sp³-hybridized carbons (Fsp3) is 0.429. The highest BCUT2D eigenvalue weighted by molar-refractivity contribution is 5.85. The molecule has 1 saturated carbocycles. The molecule has 0 bridgehead atoms. The van der Waals surface area contributed by atoms with Crippen LogP contribution in [0.1, 0.15) is 43.6 Å². The number of hydrogen-bond donors (Lipinski definition) is 2. The number of pyridine rings is 1. The molecule has 0 radical (unpaired) electrons. The highest BCUT2D eigenvalue weighted by Gasteiger charge is 2.21. The summed E-state index contributed by atoms with van der Waals surface area (Å²) in [5, 5.41) is 11.5. The Balaban J connectivity index is 0.00000267. The summed E-state index contributed by atoms with van der Waals surface area (Å²) in [6.45, 7) is 8.14. The first-order valence-corrected chi connectivity index (χ1v) is 13.0. The second-order valence-corrected chi connectivity index (χ2v) is 9.92. The van der Waals surface area contributed by atoms with Crippen LogP contribution in [-0.2, 0) is 0 Å². The van der Waals surface area contributed by atoms with E-state index in [2.05, 4.69) is 67.7 Å². The van der Waals surface area contributed by atoms with Gasteiger partial charge in [0.2, 0.25) is 0 Å². The van der Waals surface area contributed by atoms with Crippen LogP contribution < -0.4 is 15.5 Å². The Labute approximate surface area is 218 Å². The van der Waals surface area contributed by atoms with Crippen LogP contribution in [0.4, 0.5) is 11.5 Å². The summed E-state index contributed by atoms with van der Waals surface area (Å²) in [5.74, 6) is 1.92. The molecular formula is C28H35ClN6O. The van der Waals surface area contributed by atoms with Gasteiger partial charge in [0.25, 0.3) is 0 Å². The molecule has 1 aliphatic carbocycles. The maximum atomic E-state index is 5.45. The molecule has 7 nitrogen and oxygen atoms in total. The first kappa shape index (κ1) is 24.7. The lowest BCUT2D eigenvalue weighted by molar-refractivity contribution is 0.393. The van der Waals surface area contributed by atoms with E-state index in [1.54, 1.807) is 0 Å². The Hall–Kier alpha value is -3.03. The van der Waals surface area contributed by atoms with Crippen molar-refractivity contribution >= 4 is 29.6 Å². The molecule has 0 amide bonds. The highest BCUT2D eigenvalue weighted by Crippen LogP contribution is 2.35. The number of hydrogen-bond acceptors (Lipinski definition) is 6. The zero-order valence-electron chi connectivity index (χ0n) is 21.1. The molecule has 190 valence electrons. The van der Waals surface area contributed by atoms with Crippen LogP contribution >= 0.6 is 12.4 Å². The number of anilines is 2. The predicted octanol–water partition coefficient (Wildman–Crippen LogP) is 5.85. The van der Waals surface area contributed by atoms with E-state index in [0.29, 0.717) is 6.04 Å². The summed E-state index contributed by atoms with van der Waals surface area (Å²) < 4.78 is 7.67. The Morgan fingerprint density at radius 1 is 0.944 bits per heavy atom. The minimum absolute atomic E-state index is 0. The summed E-state index contributed by atoms with van der Waals surface area (Å²) in [5.41, 5.74) is 7.45. The summed E-state index contributed by atoms with van der Waals surface area (Å²) >= 11 is 0. The molecule has 2 fully saturated rings. The van der Waals surface area contributed by atoms with Gasteiger partial charge in [0.1, 0.15) is 22.9 Å². The largest absolute Gasteiger partial charge is 0.369 e. The third-order valence-corrected chi connectivity index (χ3v) is 7.51. The SMILES string of the molecule is Cc1noc(C)c1-c1ccc2nc(-c3ccc(N4CCNCC4)cc3)c(NC3CCCCC3)n2c1.Cl. The third-order valence-electron chi connectivity index (χ3n) is 7.51. The highest BCUT2D eigenvalue weighted by atomic mass is 35.5. The van der Waals surface area contributed by atoms with Crippen molar-refractivity contribution in [2.75, 3.05) is 36.4 Å². The number of benzene rings is 1. The van der Waals surface area contributed by atoms with E-state index < -0.39 is 0 Å². The fourth-order valence-electron chi connectivity index (χ4n) is 5.62. The number of halogens is 1. The molecule has 2 N–H and O–H groups in total. The van der Waals surface area contributed by atoms with Crippen molar-refractivity contribution in [3.63, 3.8) is 0 Å². The molecule has 4 aromatic rings. The zero-order valence-corrected chi connectivity index (χ0v) is 21.9. The van der Waals surface area contributed by atoms with Gasteiger partial charge in [0, 0.05) is 60.8 Å². The summed E-state index contributed by atoms with van der Waals surface area (Å²) in [4.78, 5) is 7.54. The van der Waals surface area contributed by atoms with E-state index in [9.17, 15) is 0 Å². The van der Waals surface area contributed by atoms with Gasteiger partial charge in [-0.05, 0) is 51.0 Å². The number of fused-ring (bicyclic) bond motifs is 1. The normalized spacial score (nSPS) is 16.8. The van der Waals surface area contributed by atoms with Gasteiger partial charge < -0.3 is 20.1 Å². The smallest absolute Gasteiger partial charge is 0.141 e. The molecule has 1 saturated heterocycles. The lowest BCUT2D eigenvalue weighted by Crippen LogP contribution is -2.43. The molecule has 36 heavy (non-hydrogen) atoms. The first-order valence-electron chi connectivity index (χ1n) is 13.0. The van der Waals surface area contributed by atoms with Gasteiger partial charge in [-0.25, -0.2) is 4.98 Å². The van der Waals surface area contributed by atoms with Crippen molar-refractivity contribution in [1.82, 2.24) is 19.9 Å². The molecule has 3 aromatic heterocycles. The standard InChI is InChI=1S/C28H34N6O.ClH/c1-19-26(20(2)35-32-19)22-10-13-25-31-27(28(34(25)18-22)30-23-6-4-3-5-7-23)21-8-11-24(12-9-21)33-16-14-29-15-17-33;/h8-13,18,23,29-30H,3-7,14-17H2,1-2H3;1H. The quantitative estimate of drug-likeness (QED) is 0.354. The van der Waals surface area contributed by atoms with Gasteiger partial charge in [-0.2, -0.15) is 0 Å². The minimum Gasteiger partial charge on any atom is -0.369 e. The number of piperazine rings is 1. The molecule has 2 aliphatic rings. The monoisotopic (exact) mass is 506 g/mol. The van der Waals surface area contributed by atoms with Gasteiger partial charge in [-0.1, -0.05) is 36.6 Å². The van der Waals surface area contributed by atoms with E-state index in [0.717, 1.165) is 71.5 Å². The van der Waals surface area contributed by atoms with Crippen LogP contribution in [-0.4, -0.2) is 46.8 Å². The number of aromatic nitrogens is 3. The maximum Gasteiger partial charge on any atom is 0.141 e. The van der Waals surface area contributed by atoms with Gasteiger partial charge >= 0.3 is 0 Å². The Morgan fingerprint density at radius 2 is 1.67 bits per heavy atom. The molecule has 0 atom stereocenters. The van der Waals surface area contributed by atoms with Gasteiger partial charge in [-0.3, -0.25) is 4.40 Å². The van der Waals surface area contributed by atoms with Crippen LogP contribution in [0.3, 0.4) is 0 Å². The van der Waals surface area contributed by atoms with Gasteiger partial charge in [0.15, 0.2) is 0 Å². The van der Waals surface area contributed by atoms with Crippen LogP contribution in [0, 0.1) is 13.8 Å². The second-order valence-electron chi connectivity index (χ2n) is 9.92. The van der Waals surface area contributed by atoms with E-state index in [4.69, 9.17) is 9.51 Å². The van der Waals surface area contributed by atoms with Gasteiger partial charge in [0.05, 0.1) is 5.69 Å². The van der Waals surface area contributed by atoms with Crippen molar-refractivity contribution in [3.05, 3.63) is 54.0 Å². The van der Waals surface area contributed by atoms with Crippen molar-refractivity contribution in [3.8, 4) is 22.4 Å². The Morgan fingerprint density at radius 3 is 2.36 bits per heavy atom. The lowest BCUT2D eigenvalue weighted by Gasteiger charge is -2.29. The van der Waals surface area contributed by atoms with Crippen molar-refractivity contribution in [1.29, 1.82) is 0 Å². The number of rotatable bonds is 5. The van der Waals surface area contributed by atoms with Crippen LogP contribution in [0.5, 0.6) is 0 Å². The Kier molecular flexibility index (Phi) is 7.21. The van der Waals surface area contributed by atoms with E-state index in [1.807, 2.05) is 13.8 Å². The number of imidazole rings is 1. The van der Waals surface area contributed by atoms with Gasteiger partial charge in [-0.15, -0.1) is 12.4 Å². The molecule has 4 heterocycles. The predicted molar refractivity (Wildman–Crippen MR) is 148 cm³/mol. The molecule has 6 rings (SSSR count).